The summed E-state index contributed by atoms with van der Waals surface area (Å²) >= 11 is 0. The van der Waals surface area contributed by atoms with Gasteiger partial charge in [0.25, 0.3) is 0 Å². The Morgan fingerprint density at radius 2 is 0.812 bits per heavy atom. The maximum atomic E-state index is 5.27. The van der Waals surface area contributed by atoms with Crippen LogP contribution in [-0.4, -0.2) is 25.4 Å². The fraction of sp³-hybridized carbons (Fsp3) is 1.00. The Bertz CT molecular complexity index is 86.2. The van der Waals surface area contributed by atoms with E-state index in [2.05, 4.69) is 20.8 Å². The molecule has 0 spiro atoms. The van der Waals surface area contributed by atoms with Crippen molar-refractivity contribution in [1.29, 1.82) is 0 Å². The predicted octanol–water partition coefficient (Wildman–Crippen LogP) is 4.52. The second-order valence-corrected chi connectivity index (χ2v) is 4.57. The van der Waals surface area contributed by atoms with Gasteiger partial charge in [-0.15, -0.1) is 0 Å². The molecule has 102 valence electrons. The molecule has 0 fully saturated rings. The normalized spacial score (nSPS) is 9.75. The molecule has 0 heterocycles. The van der Waals surface area contributed by atoms with Gasteiger partial charge in [0.2, 0.25) is 0 Å². The third kappa shape index (κ3) is 48.5. The minimum absolute atomic E-state index is 0.316. The van der Waals surface area contributed by atoms with Crippen LogP contribution in [0.3, 0.4) is 0 Å². The zero-order chi connectivity index (χ0) is 13.6. The van der Waals surface area contributed by atoms with Crippen LogP contribution in [0.15, 0.2) is 0 Å². The van der Waals surface area contributed by atoms with Crippen LogP contribution in [0.25, 0.3) is 0 Å². The van der Waals surface area contributed by atoms with Gasteiger partial charge in [-0.25, -0.2) is 0 Å². The fourth-order valence-electron chi connectivity index (χ4n) is 0.568. The third-order valence-corrected chi connectivity index (χ3v) is 0.986. The zero-order valence-electron chi connectivity index (χ0n) is 13.0. The van der Waals surface area contributed by atoms with Gasteiger partial charge in [0.15, 0.2) is 0 Å². The van der Waals surface area contributed by atoms with Gasteiger partial charge < -0.3 is 9.47 Å². The van der Waals surface area contributed by atoms with E-state index >= 15 is 0 Å². The first-order valence-electron chi connectivity index (χ1n) is 6.59. The van der Waals surface area contributed by atoms with Crippen molar-refractivity contribution in [3.8, 4) is 0 Å². The zero-order valence-corrected chi connectivity index (χ0v) is 13.0. The van der Waals surface area contributed by atoms with Gasteiger partial charge in [-0.2, -0.15) is 0 Å². The summed E-state index contributed by atoms with van der Waals surface area (Å²) < 4.78 is 10.5. The molecule has 0 aromatic rings. The van der Waals surface area contributed by atoms with Crippen LogP contribution >= 0.6 is 0 Å². The summed E-state index contributed by atoms with van der Waals surface area (Å²) in [6, 6.07) is 0. The van der Waals surface area contributed by atoms with E-state index in [1.165, 1.54) is 0 Å². The summed E-state index contributed by atoms with van der Waals surface area (Å²) in [6.07, 6.45) is 0.631. The van der Waals surface area contributed by atoms with Crippen molar-refractivity contribution in [1.82, 2.24) is 0 Å². The summed E-state index contributed by atoms with van der Waals surface area (Å²) in [5.74, 6) is 0.833. The van der Waals surface area contributed by atoms with Crippen LogP contribution < -0.4 is 0 Å². The first-order chi connectivity index (χ1) is 7.36. The number of ether oxygens (including phenoxy) is 2. The molecule has 0 atom stereocenters. The largest absolute Gasteiger partial charge is 0.376 e. The number of rotatable bonds is 5. The maximum Gasteiger partial charge on any atom is 0.0704 e. The van der Waals surface area contributed by atoms with Crippen LogP contribution in [-0.2, 0) is 9.47 Å². The van der Waals surface area contributed by atoms with E-state index < -0.39 is 0 Å². The molecule has 0 aliphatic rings. The Morgan fingerprint density at radius 3 is 0.938 bits per heavy atom. The molecule has 0 saturated heterocycles. The fourth-order valence-corrected chi connectivity index (χ4v) is 0.568. The van der Waals surface area contributed by atoms with Crippen molar-refractivity contribution < 1.29 is 9.47 Å². The molecule has 0 aromatic heterocycles. The van der Waals surface area contributed by atoms with E-state index in [9.17, 15) is 0 Å². The molecule has 0 amide bonds. The number of hydrogen-bond acceptors (Lipinski definition) is 2. The molecule has 0 radical (unpaired) electrons. The molecule has 0 N–H and O–H groups in total. The highest BCUT2D eigenvalue weighted by molar-refractivity contribution is 4.39. The summed E-state index contributed by atoms with van der Waals surface area (Å²) in [4.78, 5) is 0. The maximum absolute atomic E-state index is 5.27. The molecular formula is C14H34O2. The van der Waals surface area contributed by atoms with Crippen LogP contribution in [0.1, 0.15) is 62.3 Å². The summed E-state index contributed by atoms with van der Waals surface area (Å²) in [5, 5.41) is 0. The second-order valence-electron chi connectivity index (χ2n) is 4.57. The Labute approximate surface area is 104 Å². The van der Waals surface area contributed by atoms with Crippen LogP contribution in [0.4, 0.5) is 0 Å². The van der Waals surface area contributed by atoms with Crippen molar-refractivity contribution in [3.05, 3.63) is 0 Å². The van der Waals surface area contributed by atoms with Crippen LogP contribution in [0.2, 0.25) is 0 Å². The highest BCUT2D eigenvalue weighted by Gasteiger charge is 1.94. The van der Waals surface area contributed by atoms with Crippen molar-refractivity contribution in [2.24, 2.45) is 5.92 Å². The van der Waals surface area contributed by atoms with Gasteiger partial charge in [0.05, 0.1) is 25.4 Å². The van der Waals surface area contributed by atoms with Gasteiger partial charge in [-0.05, 0) is 33.6 Å². The first kappa shape index (κ1) is 21.2. The first-order valence-corrected chi connectivity index (χ1v) is 6.59. The van der Waals surface area contributed by atoms with Gasteiger partial charge >= 0.3 is 0 Å². The summed E-state index contributed by atoms with van der Waals surface area (Å²) in [5.41, 5.74) is 0. The summed E-state index contributed by atoms with van der Waals surface area (Å²) in [7, 11) is 0. The van der Waals surface area contributed by atoms with E-state index in [1.54, 1.807) is 0 Å². The lowest BCUT2D eigenvalue weighted by molar-refractivity contribution is -0.00108. The lowest BCUT2D eigenvalue weighted by Gasteiger charge is -2.09. The molecule has 0 bridgehead atoms. The van der Waals surface area contributed by atoms with Crippen LogP contribution in [0.5, 0.6) is 0 Å². The van der Waals surface area contributed by atoms with E-state index in [0.29, 0.717) is 25.4 Å². The quantitative estimate of drug-likeness (QED) is 0.651. The Kier molecular flexibility index (Phi) is 23.0. The minimum Gasteiger partial charge on any atom is -0.376 e. The molecule has 16 heavy (non-hydrogen) atoms. The van der Waals surface area contributed by atoms with Crippen molar-refractivity contribution in [3.63, 3.8) is 0 Å². The lowest BCUT2D eigenvalue weighted by Crippen LogP contribution is -2.12. The smallest absolute Gasteiger partial charge is 0.0704 e. The van der Waals surface area contributed by atoms with E-state index in [-0.39, 0.29) is 0 Å². The van der Waals surface area contributed by atoms with Gasteiger partial charge in [0, 0.05) is 0 Å². The molecule has 0 aliphatic carbocycles. The predicted molar refractivity (Wildman–Crippen MR) is 74.0 cm³/mol. The van der Waals surface area contributed by atoms with E-state index in [0.717, 1.165) is 5.92 Å². The average Bonchev–Trinajstić information content (AvgIpc) is 2.14. The Balaban J connectivity index is -0.000000237. The molecule has 0 aliphatic heterocycles. The third-order valence-electron chi connectivity index (χ3n) is 0.986. The topological polar surface area (TPSA) is 18.5 Å². The standard InChI is InChI=1S/C8H18O2.C4H10.C2H6/c1-7(2)9-5-6-10-8(3)4;1-4(2)3;1-2/h7-8H,5-6H2,1-4H3;4H,1-3H3;1-2H3. The Morgan fingerprint density at radius 1 is 0.625 bits per heavy atom. The molecular weight excluding hydrogens is 200 g/mol. The number of hydrogen-bond donors (Lipinski definition) is 0. The Hall–Kier alpha value is -0.0800. The van der Waals surface area contributed by atoms with Crippen molar-refractivity contribution in [2.45, 2.75) is 74.5 Å². The van der Waals surface area contributed by atoms with Crippen LogP contribution in [0, 0.1) is 5.92 Å². The van der Waals surface area contributed by atoms with Crippen molar-refractivity contribution in [2.75, 3.05) is 13.2 Å². The van der Waals surface area contributed by atoms with Gasteiger partial charge in [-0.3, -0.25) is 0 Å². The highest BCUT2D eigenvalue weighted by Crippen LogP contribution is 1.90. The SMILES string of the molecule is CC.CC(C)C.CC(C)OCCOC(C)C. The van der Waals surface area contributed by atoms with E-state index in [1.807, 2.05) is 41.5 Å². The van der Waals surface area contributed by atoms with E-state index in [4.69, 9.17) is 9.47 Å². The molecule has 2 heteroatoms. The average molecular weight is 234 g/mol. The minimum atomic E-state index is 0.316. The molecule has 0 rings (SSSR count). The van der Waals surface area contributed by atoms with Gasteiger partial charge in [0.1, 0.15) is 0 Å². The second kappa shape index (κ2) is 17.3. The molecule has 0 unspecified atom stereocenters. The molecule has 2 nitrogen and oxygen atoms in total. The molecule has 0 aromatic carbocycles. The van der Waals surface area contributed by atoms with Crippen molar-refractivity contribution >= 4 is 0 Å². The lowest BCUT2D eigenvalue weighted by atomic mass is 10.3. The molecule has 0 saturated carbocycles. The highest BCUT2D eigenvalue weighted by atomic mass is 16.5. The summed E-state index contributed by atoms with van der Waals surface area (Å²) in [6.45, 7) is 20.0. The monoisotopic (exact) mass is 234 g/mol. The van der Waals surface area contributed by atoms with Gasteiger partial charge in [-0.1, -0.05) is 34.6 Å².